The Morgan fingerprint density at radius 3 is 2.84 bits per heavy atom. The van der Waals surface area contributed by atoms with Gasteiger partial charge in [-0.3, -0.25) is 15.8 Å². The highest BCUT2D eigenvalue weighted by molar-refractivity contribution is 6.02. The molecule has 1 aromatic heterocycles. The fraction of sp³-hybridized carbons (Fsp3) is 0.182. The van der Waals surface area contributed by atoms with Crippen LogP contribution in [0, 0.1) is 5.41 Å². The number of hydrazine groups is 1. The van der Waals surface area contributed by atoms with Crippen LogP contribution in [-0.4, -0.2) is 44.1 Å². The van der Waals surface area contributed by atoms with Gasteiger partial charge >= 0.3 is 0 Å². The van der Waals surface area contributed by atoms with Crippen molar-refractivity contribution < 1.29 is 4.74 Å². The van der Waals surface area contributed by atoms with E-state index in [9.17, 15) is 0 Å². The molecule has 9 heteroatoms. The van der Waals surface area contributed by atoms with Gasteiger partial charge in [0.05, 0.1) is 18.4 Å². The quantitative estimate of drug-likeness (QED) is 0.174. The fourth-order valence-electron chi connectivity index (χ4n) is 2.59. The van der Waals surface area contributed by atoms with E-state index < -0.39 is 0 Å². The number of pyridine rings is 1. The van der Waals surface area contributed by atoms with Gasteiger partial charge in [0.15, 0.2) is 5.84 Å². The topological polar surface area (TPSA) is 133 Å². The lowest BCUT2D eigenvalue weighted by molar-refractivity contribution is 0.415. The molecule has 9 nitrogen and oxygen atoms in total. The van der Waals surface area contributed by atoms with Gasteiger partial charge in [-0.05, 0) is 37.3 Å². The average Bonchev–Trinajstić information content (AvgIpc) is 2.80. The predicted molar refractivity (Wildman–Crippen MR) is 127 cm³/mol. The Kier molecular flexibility index (Phi) is 9.28. The maximum Gasteiger partial charge on any atom is 0.150 e. The molecule has 0 unspecified atom stereocenters. The highest BCUT2D eigenvalue weighted by Gasteiger charge is 2.09. The first-order valence-electron chi connectivity index (χ1n) is 9.59. The normalized spacial score (nSPS) is 12.5. The number of anilines is 1. The first kappa shape index (κ1) is 23.1. The predicted octanol–water partition coefficient (Wildman–Crippen LogP) is 2.77. The molecule has 0 aliphatic rings. The lowest BCUT2D eigenvalue weighted by atomic mass is 10.2. The van der Waals surface area contributed by atoms with E-state index in [1.165, 1.54) is 12.6 Å². The van der Waals surface area contributed by atoms with Crippen molar-refractivity contribution >= 4 is 29.9 Å². The summed E-state index contributed by atoms with van der Waals surface area (Å²) in [4.78, 5) is 13.0. The van der Waals surface area contributed by atoms with E-state index in [-0.39, 0.29) is 0 Å². The van der Waals surface area contributed by atoms with Gasteiger partial charge in [0.25, 0.3) is 0 Å². The molecular weight excluding hydrogens is 392 g/mol. The van der Waals surface area contributed by atoms with Crippen molar-refractivity contribution in [1.82, 2.24) is 15.8 Å². The number of nitrogens with one attached hydrogen (secondary N) is 4. The Hall–Kier alpha value is -4.14. The molecule has 0 aliphatic heterocycles. The van der Waals surface area contributed by atoms with Crippen molar-refractivity contribution in [3.8, 4) is 5.75 Å². The molecule has 0 saturated heterocycles. The minimum absolute atomic E-state index is 0.447. The SMILES string of the molecule is C/C=C(C=N)\C(N)=C/CNc1ncccc1C(=NC)NNC=Nc1cccc(OC)c1. The summed E-state index contributed by atoms with van der Waals surface area (Å²) in [5.74, 6) is 1.96. The monoisotopic (exact) mass is 420 g/mol. The van der Waals surface area contributed by atoms with Gasteiger partial charge in [-0.25, -0.2) is 9.98 Å². The fourth-order valence-corrected chi connectivity index (χ4v) is 2.59. The number of nitrogens with two attached hydrogens (primary N) is 1. The first-order valence-corrected chi connectivity index (χ1v) is 9.59. The van der Waals surface area contributed by atoms with Crippen LogP contribution in [0.4, 0.5) is 11.5 Å². The van der Waals surface area contributed by atoms with E-state index in [2.05, 4.69) is 31.1 Å². The highest BCUT2D eigenvalue weighted by atomic mass is 16.5. The van der Waals surface area contributed by atoms with E-state index in [0.717, 1.165) is 17.0 Å². The molecule has 0 saturated carbocycles. The molecule has 0 bridgehead atoms. The van der Waals surface area contributed by atoms with E-state index in [4.69, 9.17) is 15.9 Å². The number of ether oxygens (including phenoxy) is 1. The van der Waals surface area contributed by atoms with Crippen LogP contribution >= 0.6 is 0 Å². The molecule has 2 rings (SSSR count). The van der Waals surface area contributed by atoms with Crippen molar-refractivity contribution in [3.63, 3.8) is 0 Å². The summed E-state index contributed by atoms with van der Waals surface area (Å²) in [6.45, 7) is 2.29. The standard InChI is InChI=1S/C22H28N8O/c1-4-16(14-23)20(24)10-12-27-22-19(9-6-11-26-22)21(25-2)30-29-15-28-17-7-5-8-18(13-17)31-3/h4-11,13-15,23H,12,24H2,1-3H3,(H,25,30)(H,26,27)(H,28,29)/b16-4-,20-10+,23-14?. The molecular formula is C22H28N8O. The zero-order valence-electron chi connectivity index (χ0n) is 17.9. The van der Waals surface area contributed by atoms with Crippen molar-refractivity contribution in [1.29, 1.82) is 5.41 Å². The van der Waals surface area contributed by atoms with Crippen molar-refractivity contribution in [3.05, 3.63) is 71.6 Å². The molecule has 162 valence electrons. The number of hydrogen-bond acceptors (Lipinski definition) is 7. The molecule has 0 atom stereocenters. The van der Waals surface area contributed by atoms with Crippen LogP contribution in [0.25, 0.3) is 0 Å². The second-order valence-electron chi connectivity index (χ2n) is 6.13. The van der Waals surface area contributed by atoms with Crippen LogP contribution in [0.5, 0.6) is 5.75 Å². The van der Waals surface area contributed by atoms with Gasteiger partial charge < -0.3 is 21.2 Å². The molecule has 6 N–H and O–H groups in total. The Balaban J connectivity index is 2.03. The third-order valence-electron chi connectivity index (χ3n) is 4.20. The third-order valence-corrected chi connectivity index (χ3v) is 4.20. The number of aromatic nitrogens is 1. The molecule has 0 fully saturated rings. The second kappa shape index (κ2) is 12.4. The number of benzene rings is 1. The van der Waals surface area contributed by atoms with E-state index in [1.807, 2.05) is 43.3 Å². The molecule has 1 heterocycles. The Morgan fingerprint density at radius 2 is 2.13 bits per heavy atom. The van der Waals surface area contributed by atoms with Gasteiger partial charge in [0.2, 0.25) is 0 Å². The smallest absolute Gasteiger partial charge is 0.150 e. The molecule has 0 amide bonds. The maximum absolute atomic E-state index is 7.37. The van der Waals surface area contributed by atoms with Crippen LogP contribution in [0.15, 0.2) is 76.0 Å². The van der Waals surface area contributed by atoms with Crippen LogP contribution in [-0.2, 0) is 0 Å². The van der Waals surface area contributed by atoms with Gasteiger partial charge in [-0.2, -0.15) is 0 Å². The summed E-state index contributed by atoms with van der Waals surface area (Å²) in [6.07, 6.45) is 8.04. The minimum atomic E-state index is 0.447. The summed E-state index contributed by atoms with van der Waals surface area (Å²) >= 11 is 0. The molecule has 0 aliphatic carbocycles. The van der Waals surface area contributed by atoms with Gasteiger partial charge in [-0.15, -0.1) is 0 Å². The van der Waals surface area contributed by atoms with Gasteiger partial charge in [-0.1, -0.05) is 12.1 Å². The molecule has 0 spiro atoms. The van der Waals surface area contributed by atoms with Gasteiger partial charge in [0, 0.05) is 43.3 Å². The van der Waals surface area contributed by atoms with Crippen molar-refractivity contribution in [2.75, 3.05) is 26.0 Å². The molecule has 2 aromatic rings. The number of allylic oxidation sites excluding steroid dienone is 2. The number of amidine groups is 1. The number of nitrogens with zero attached hydrogens (tertiary/aromatic N) is 3. The molecule has 1 aromatic carbocycles. The van der Waals surface area contributed by atoms with Crippen molar-refractivity contribution in [2.45, 2.75) is 6.92 Å². The zero-order chi connectivity index (χ0) is 22.5. The number of methoxy groups -OCH3 is 1. The average molecular weight is 421 g/mol. The summed E-state index contributed by atoms with van der Waals surface area (Å²) < 4.78 is 5.19. The van der Waals surface area contributed by atoms with E-state index in [1.54, 1.807) is 32.5 Å². The number of rotatable bonds is 10. The lowest BCUT2D eigenvalue weighted by Gasteiger charge is -2.13. The van der Waals surface area contributed by atoms with Gasteiger partial charge in [0.1, 0.15) is 17.9 Å². The number of aliphatic imine (C=N–C) groups is 2. The van der Waals surface area contributed by atoms with E-state index >= 15 is 0 Å². The second-order valence-corrected chi connectivity index (χ2v) is 6.13. The number of hydrogen-bond donors (Lipinski definition) is 5. The lowest BCUT2D eigenvalue weighted by Crippen LogP contribution is -2.37. The Labute approximate surface area is 182 Å². The van der Waals surface area contributed by atoms with Crippen molar-refractivity contribution in [2.24, 2.45) is 15.7 Å². The summed E-state index contributed by atoms with van der Waals surface area (Å²) in [5.41, 5.74) is 14.6. The van der Waals surface area contributed by atoms with E-state index in [0.29, 0.717) is 29.5 Å². The van der Waals surface area contributed by atoms with Crippen LogP contribution < -0.4 is 26.6 Å². The molecule has 0 radical (unpaired) electrons. The summed E-state index contributed by atoms with van der Waals surface area (Å²) in [7, 11) is 3.30. The summed E-state index contributed by atoms with van der Waals surface area (Å²) in [5, 5.41) is 10.6. The highest BCUT2D eigenvalue weighted by Crippen LogP contribution is 2.18. The largest absolute Gasteiger partial charge is 0.497 e. The molecule has 31 heavy (non-hydrogen) atoms. The van der Waals surface area contributed by atoms with Crippen LogP contribution in [0.2, 0.25) is 0 Å². The summed E-state index contributed by atoms with van der Waals surface area (Å²) in [6, 6.07) is 11.1. The van der Waals surface area contributed by atoms with Crippen LogP contribution in [0.3, 0.4) is 0 Å². The van der Waals surface area contributed by atoms with Crippen LogP contribution in [0.1, 0.15) is 12.5 Å². The third kappa shape index (κ3) is 7.00. The Morgan fingerprint density at radius 1 is 1.29 bits per heavy atom. The minimum Gasteiger partial charge on any atom is -0.497 e. The first-order chi connectivity index (χ1) is 15.1. The Bertz CT molecular complexity index is 995. The zero-order valence-corrected chi connectivity index (χ0v) is 17.9. The maximum atomic E-state index is 7.37.